The average molecular weight is 299 g/mol. The summed E-state index contributed by atoms with van der Waals surface area (Å²) in [5.41, 5.74) is 1.97. The van der Waals surface area contributed by atoms with Gasteiger partial charge in [0.1, 0.15) is 5.75 Å². The van der Waals surface area contributed by atoms with Crippen molar-refractivity contribution in [2.24, 2.45) is 11.3 Å². The van der Waals surface area contributed by atoms with Crippen LogP contribution in [0.4, 0.5) is 0 Å². The molecule has 3 atom stereocenters. The van der Waals surface area contributed by atoms with Gasteiger partial charge in [-0.3, -0.25) is 14.5 Å². The standard InChI is InChI=1S/C18H21NO3/c1-10(2)16(21)22-12-6-5-11-8-18-9-19(4)14(18)15(20)17(18,3)13(11)7-12/h5-7,10,14H,8-9H2,1-4H3. The predicted octanol–water partition coefficient (Wildman–Crippen LogP) is 1.94. The smallest absolute Gasteiger partial charge is 0.313 e. The van der Waals surface area contributed by atoms with Crippen LogP contribution in [0.5, 0.6) is 5.75 Å². The summed E-state index contributed by atoms with van der Waals surface area (Å²) in [6.07, 6.45) is 0.956. The molecule has 1 saturated heterocycles. The van der Waals surface area contributed by atoms with E-state index < -0.39 is 5.41 Å². The highest BCUT2D eigenvalue weighted by Gasteiger charge is 2.79. The molecule has 0 bridgehead atoms. The van der Waals surface area contributed by atoms with Crippen LogP contribution in [0.2, 0.25) is 0 Å². The summed E-state index contributed by atoms with van der Waals surface area (Å²) >= 11 is 0. The fourth-order valence-corrected chi connectivity index (χ4v) is 4.80. The number of nitrogens with zero attached hydrogens (tertiary/aromatic N) is 1. The van der Waals surface area contributed by atoms with Crippen molar-refractivity contribution in [2.45, 2.75) is 38.6 Å². The second kappa shape index (κ2) is 3.99. The Morgan fingerprint density at radius 2 is 2.14 bits per heavy atom. The van der Waals surface area contributed by atoms with Gasteiger partial charge < -0.3 is 4.74 Å². The van der Waals surface area contributed by atoms with Gasteiger partial charge in [-0.1, -0.05) is 19.9 Å². The van der Waals surface area contributed by atoms with E-state index >= 15 is 0 Å². The number of likely N-dealkylation sites (N-methyl/N-ethyl adjacent to an activating group) is 1. The van der Waals surface area contributed by atoms with Gasteiger partial charge in [-0.2, -0.15) is 0 Å². The molecule has 4 heteroatoms. The van der Waals surface area contributed by atoms with E-state index in [9.17, 15) is 9.59 Å². The van der Waals surface area contributed by atoms with Crippen LogP contribution in [0.1, 0.15) is 31.9 Å². The molecular weight excluding hydrogens is 278 g/mol. The number of fused-ring (bicyclic) bond motifs is 2. The van der Waals surface area contributed by atoms with Crippen molar-refractivity contribution in [3.63, 3.8) is 0 Å². The number of ether oxygens (including phenoxy) is 1. The molecule has 22 heavy (non-hydrogen) atoms. The first-order valence-corrected chi connectivity index (χ1v) is 7.91. The Morgan fingerprint density at radius 3 is 2.77 bits per heavy atom. The number of benzene rings is 1. The lowest BCUT2D eigenvalue weighted by molar-refractivity contribution is -0.195. The van der Waals surface area contributed by atoms with Crippen molar-refractivity contribution in [1.82, 2.24) is 4.90 Å². The lowest BCUT2D eigenvalue weighted by Crippen LogP contribution is -2.84. The van der Waals surface area contributed by atoms with Crippen molar-refractivity contribution >= 4 is 11.8 Å². The highest BCUT2D eigenvalue weighted by atomic mass is 16.5. The molecule has 0 aromatic heterocycles. The average Bonchev–Trinajstić information content (AvgIpc) is 2.68. The fraction of sp³-hybridized carbons (Fsp3) is 0.556. The van der Waals surface area contributed by atoms with Crippen molar-refractivity contribution < 1.29 is 14.3 Å². The SMILES string of the molecule is CC(C)C(=O)Oc1ccc2c(c1)C1(C)C(=O)C3N(C)CC31C2. The quantitative estimate of drug-likeness (QED) is 0.618. The van der Waals surface area contributed by atoms with E-state index in [1.807, 2.05) is 39.1 Å². The maximum atomic E-state index is 12.7. The molecule has 1 heterocycles. The van der Waals surface area contributed by atoms with E-state index in [0.717, 1.165) is 18.5 Å². The maximum absolute atomic E-state index is 12.7. The molecule has 3 aliphatic rings. The van der Waals surface area contributed by atoms with Gasteiger partial charge in [0.25, 0.3) is 0 Å². The maximum Gasteiger partial charge on any atom is 0.313 e. The van der Waals surface area contributed by atoms with Crippen LogP contribution in [-0.2, 0) is 21.4 Å². The lowest BCUT2D eigenvalue weighted by atomic mass is 9.42. The number of piperidine rings is 1. The highest BCUT2D eigenvalue weighted by Crippen LogP contribution is 2.68. The number of esters is 1. The van der Waals surface area contributed by atoms with Gasteiger partial charge in [-0.05, 0) is 43.7 Å². The van der Waals surface area contributed by atoms with Crippen LogP contribution >= 0.6 is 0 Å². The number of hydrogen-bond acceptors (Lipinski definition) is 4. The van der Waals surface area contributed by atoms with Gasteiger partial charge in [0.2, 0.25) is 0 Å². The van der Waals surface area contributed by atoms with Gasteiger partial charge >= 0.3 is 5.97 Å². The Balaban J connectivity index is 1.71. The van der Waals surface area contributed by atoms with E-state index in [4.69, 9.17) is 4.74 Å². The zero-order chi connectivity index (χ0) is 15.9. The summed E-state index contributed by atoms with van der Waals surface area (Å²) in [6, 6.07) is 5.87. The Bertz CT molecular complexity index is 710. The highest BCUT2D eigenvalue weighted by molar-refractivity contribution is 6.06. The molecule has 1 aromatic carbocycles. The summed E-state index contributed by atoms with van der Waals surface area (Å²) in [5.74, 6) is 0.469. The topological polar surface area (TPSA) is 46.6 Å². The van der Waals surface area contributed by atoms with Crippen molar-refractivity contribution in [1.29, 1.82) is 0 Å². The summed E-state index contributed by atoms with van der Waals surface area (Å²) in [6.45, 7) is 6.67. The Morgan fingerprint density at radius 1 is 1.41 bits per heavy atom. The molecule has 116 valence electrons. The predicted molar refractivity (Wildman–Crippen MR) is 81.8 cm³/mol. The van der Waals surface area contributed by atoms with E-state index in [0.29, 0.717) is 11.5 Å². The molecule has 2 fully saturated rings. The van der Waals surface area contributed by atoms with Gasteiger partial charge in [0, 0.05) is 12.0 Å². The van der Waals surface area contributed by atoms with Crippen LogP contribution in [0.15, 0.2) is 18.2 Å². The van der Waals surface area contributed by atoms with Crippen molar-refractivity contribution in [2.75, 3.05) is 13.6 Å². The Labute approximate surface area is 130 Å². The van der Waals surface area contributed by atoms with Crippen molar-refractivity contribution in [3.8, 4) is 5.75 Å². The number of Topliss-reactive ketones (excluding diaryl/α,β-unsaturated/α-hetero) is 1. The molecule has 2 aliphatic carbocycles. The Hall–Kier alpha value is -1.68. The van der Waals surface area contributed by atoms with Gasteiger partial charge in [0.05, 0.1) is 17.4 Å². The third-order valence-electron chi connectivity index (χ3n) is 6.05. The molecule has 1 saturated carbocycles. The summed E-state index contributed by atoms with van der Waals surface area (Å²) in [7, 11) is 2.02. The first kappa shape index (κ1) is 13.9. The molecule has 1 spiro atoms. The fourth-order valence-electron chi connectivity index (χ4n) is 4.80. The van der Waals surface area contributed by atoms with E-state index in [-0.39, 0.29) is 23.3 Å². The molecular formula is C18H21NO3. The molecule has 4 nitrogen and oxygen atoms in total. The van der Waals surface area contributed by atoms with Crippen LogP contribution in [0.25, 0.3) is 0 Å². The van der Waals surface area contributed by atoms with Crippen LogP contribution in [-0.4, -0.2) is 36.3 Å². The minimum atomic E-state index is -0.403. The number of hydrogen-bond donors (Lipinski definition) is 0. The molecule has 1 aromatic rings. The largest absolute Gasteiger partial charge is 0.426 e. The first-order chi connectivity index (χ1) is 10.3. The molecule has 0 amide bonds. The number of ketones is 1. The van der Waals surface area contributed by atoms with E-state index in [1.54, 1.807) is 0 Å². The van der Waals surface area contributed by atoms with Gasteiger partial charge in [-0.15, -0.1) is 0 Å². The molecule has 1 aliphatic heterocycles. The summed E-state index contributed by atoms with van der Waals surface area (Å²) in [5, 5.41) is 0. The zero-order valence-electron chi connectivity index (χ0n) is 13.5. The van der Waals surface area contributed by atoms with E-state index in [1.165, 1.54) is 5.56 Å². The van der Waals surface area contributed by atoms with Gasteiger partial charge in [0.15, 0.2) is 5.78 Å². The zero-order valence-corrected chi connectivity index (χ0v) is 13.5. The molecule has 0 N–H and O–H groups in total. The monoisotopic (exact) mass is 299 g/mol. The molecule has 0 radical (unpaired) electrons. The number of likely N-dealkylation sites (tertiary alicyclic amines) is 1. The minimum Gasteiger partial charge on any atom is -0.426 e. The Kier molecular flexibility index (Phi) is 2.53. The number of carbonyl (C=O) groups is 2. The summed E-state index contributed by atoms with van der Waals surface area (Å²) in [4.78, 5) is 26.6. The van der Waals surface area contributed by atoms with E-state index in [2.05, 4.69) is 11.8 Å². The van der Waals surface area contributed by atoms with Gasteiger partial charge in [-0.25, -0.2) is 0 Å². The number of carbonyl (C=O) groups excluding carboxylic acids is 2. The second-order valence-corrected chi connectivity index (χ2v) is 7.53. The lowest BCUT2D eigenvalue weighted by Gasteiger charge is -2.69. The summed E-state index contributed by atoms with van der Waals surface area (Å²) < 4.78 is 5.43. The third kappa shape index (κ3) is 1.33. The second-order valence-electron chi connectivity index (χ2n) is 7.53. The minimum absolute atomic E-state index is 0.0713. The third-order valence-corrected chi connectivity index (χ3v) is 6.05. The van der Waals surface area contributed by atoms with Crippen molar-refractivity contribution in [3.05, 3.63) is 29.3 Å². The molecule has 3 unspecified atom stereocenters. The number of rotatable bonds is 2. The van der Waals surface area contributed by atoms with Crippen LogP contribution < -0.4 is 4.74 Å². The normalized spacial score (nSPS) is 35.3. The first-order valence-electron chi connectivity index (χ1n) is 7.91. The van der Waals surface area contributed by atoms with Crippen LogP contribution in [0, 0.1) is 11.3 Å². The molecule has 4 rings (SSSR count). The van der Waals surface area contributed by atoms with Crippen LogP contribution in [0.3, 0.4) is 0 Å².